The Bertz CT molecular complexity index is 307. The van der Waals surface area contributed by atoms with Crippen molar-refractivity contribution >= 4 is 11.8 Å². The Kier molecular flexibility index (Phi) is 8.19. The van der Waals surface area contributed by atoms with Crippen LogP contribution in [0.2, 0.25) is 0 Å². The molecule has 0 bridgehead atoms. The van der Waals surface area contributed by atoms with E-state index in [1.807, 2.05) is 11.8 Å². The van der Waals surface area contributed by atoms with Crippen LogP contribution in [0, 0.1) is 5.92 Å². The predicted molar refractivity (Wildman–Crippen MR) is 83.2 cm³/mol. The fourth-order valence-corrected chi connectivity index (χ4v) is 2.90. The highest BCUT2D eigenvalue weighted by molar-refractivity contribution is 7.99. The summed E-state index contributed by atoms with van der Waals surface area (Å²) in [7, 11) is 0. The number of hydrogen-bond acceptors (Lipinski definition) is 2. The fraction of sp³-hybridized carbons (Fsp3) is 0.625. The van der Waals surface area contributed by atoms with Crippen molar-refractivity contribution in [3.8, 4) is 0 Å². The number of nitrogens with one attached hydrogen (secondary N) is 1. The van der Waals surface area contributed by atoms with Gasteiger partial charge in [0.25, 0.3) is 0 Å². The van der Waals surface area contributed by atoms with Crippen LogP contribution in [0.15, 0.2) is 29.2 Å². The molecule has 0 fully saturated rings. The van der Waals surface area contributed by atoms with E-state index in [1.165, 1.54) is 35.5 Å². The molecule has 0 heterocycles. The second-order valence-corrected chi connectivity index (χ2v) is 6.12. The van der Waals surface area contributed by atoms with E-state index in [0.717, 1.165) is 19.0 Å². The number of hydrogen-bond donors (Lipinski definition) is 1. The zero-order valence-corrected chi connectivity index (χ0v) is 12.9. The lowest BCUT2D eigenvalue weighted by atomic mass is 10.1. The molecule has 0 spiro atoms. The molecule has 0 radical (unpaired) electrons. The number of thioether (sulfide) groups is 1. The topological polar surface area (TPSA) is 12.0 Å². The van der Waals surface area contributed by atoms with Crippen molar-refractivity contribution in [2.75, 3.05) is 12.3 Å². The molecular formula is C16H27NS. The molecule has 18 heavy (non-hydrogen) atoms. The molecule has 0 saturated heterocycles. The molecule has 0 amide bonds. The van der Waals surface area contributed by atoms with Crippen LogP contribution < -0.4 is 5.32 Å². The third-order valence-electron chi connectivity index (χ3n) is 3.00. The lowest BCUT2D eigenvalue weighted by molar-refractivity contribution is 0.585. The van der Waals surface area contributed by atoms with Crippen LogP contribution in [0.5, 0.6) is 0 Å². The van der Waals surface area contributed by atoms with Crippen molar-refractivity contribution in [2.45, 2.75) is 51.5 Å². The average Bonchev–Trinajstić information content (AvgIpc) is 2.38. The summed E-state index contributed by atoms with van der Waals surface area (Å²) < 4.78 is 0. The molecule has 102 valence electrons. The quantitative estimate of drug-likeness (QED) is 0.512. The lowest BCUT2D eigenvalue weighted by Gasteiger charge is -2.10. The van der Waals surface area contributed by atoms with Crippen LogP contribution in [-0.4, -0.2) is 12.3 Å². The second kappa shape index (κ2) is 9.46. The Hall–Kier alpha value is -0.470. The van der Waals surface area contributed by atoms with Gasteiger partial charge in [0.1, 0.15) is 0 Å². The first-order valence-electron chi connectivity index (χ1n) is 7.18. The van der Waals surface area contributed by atoms with Crippen molar-refractivity contribution in [2.24, 2.45) is 5.92 Å². The Morgan fingerprint density at radius 3 is 2.44 bits per heavy atom. The van der Waals surface area contributed by atoms with E-state index in [4.69, 9.17) is 0 Å². The summed E-state index contributed by atoms with van der Waals surface area (Å²) in [6, 6.07) is 9.00. The van der Waals surface area contributed by atoms with E-state index in [0.29, 0.717) is 0 Å². The largest absolute Gasteiger partial charge is 0.313 e. The van der Waals surface area contributed by atoms with Gasteiger partial charge in [-0.2, -0.15) is 0 Å². The molecule has 1 atom stereocenters. The van der Waals surface area contributed by atoms with Gasteiger partial charge < -0.3 is 5.32 Å². The van der Waals surface area contributed by atoms with E-state index in [2.05, 4.69) is 50.4 Å². The maximum atomic E-state index is 3.43. The van der Waals surface area contributed by atoms with Gasteiger partial charge in [0.05, 0.1) is 0 Å². The van der Waals surface area contributed by atoms with Crippen LogP contribution in [0.4, 0.5) is 0 Å². The third-order valence-corrected chi connectivity index (χ3v) is 4.34. The summed E-state index contributed by atoms with van der Waals surface area (Å²) in [5, 5.41) is 3.43. The Morgan fingerprint density at radius 1 is 1.11 bits per heavy atom. The van der Waals surface area contributed by atoms with Crippen LogP contribution in [0.25, 0.3) is 0 Å². The average molecular weight is 265 g/mol. The molecule has 0 aromatic heterocycles. The SMILES string of the molecule is CCCNCc1ccc(SCC(C)CCC)cc1. The summed E-state index contributed by atoms with van der Waals surface area (Å²) in [6.45, 7) is 8.90. The van der Waals surface area contributed by atoms with Gasteiger partial charge in [-0.3, -0.25) is 0 Å². The van der Waals surface area contributed by atoms with Gasteiger partial charge in [0.15, 0.2) is 0 Å². The standard InChI is InChI=1S/C16H27NS/c1-4-6-14(3)13-18-16-9-7-15(8-10-16)12-17-11-5-2/h7-10,14,17H,4-6,11-13H2,1-3H3. The molecule has 0 saturated carbocycles. The van der Waals surface area contributed by atoms with Gasteiger partial charge in [0, 0.05) is 17.2 Å². The summed E-state index contributed by atoms with van der Waals surface area (Å²) in [6.07, 6.45) is 3.83. The first kappa shape index (κ1) is 15.6. The molecule has 2 heteroatoms. The molecule has 0 aliphatic rings. The monoisotopic (exact) mass is 265 g/mol. The van der Waals surface area contributed by atoms with Crippen molar-refractivity contribution in [3.63, 3.8) is 0 Å². The van der Waals surface area contributed by atoms with Crippen molar-refractivity contribution in [1.29, 1.82) is 0 Å². The maximum Gasteiger partial charge on any atom is 0.0205 e. The first-order chi connectivity index (χ1) is 8.76. The summed E-state index contributed by atoms with van der Waals surface area (Å²) >= 11 is 1.99. The maximum absolute atomic E-state index is 3.43. The molecule has 1 aromatic rings. The highest BCUT2D eigenvalue weighted by Gasteiger charge is 2.02. The van der Waals surface area contributed by atoms with Crippen LogP contribution in [-0.2, 0) is 6.54 Å². The predicted octanol–water partition coefficient (Wildman–Crippen LogP) is 4.71. The number of rotatable bonds is 9. The van der Waals surface area contributed by atoms with Crippen LogP contribution in [0.1, 0.15) is 45.6 Å². The normalized spacial score (nSPS) is 12.6. The van der Waals surface area contributed by atoms with Crippen LogP contribution in [0.3, 0.4) is 0 Å². The first-order valence-corrected chi connectivity index (χ1v) is 8.17. The van der Waals surface area contributed by atoms with Gasteiger partial charge in [-0.1, -0.05) is 45.7 Å². The summed E-state index contributed by atoms with van der Waals surface area (Å²) in [5.41, 5.74) is 1.38. The smallest absolute Gasteiger partial charge is 0.0205 e. The molecule has 1 N–H and O–H groups in total. The highest BCUT2D eigenvalue weighted by Crippen LogP contribution is 2.22. The van der Waals surface area contributed by atoms with Crippen molar-refractivity contribution in [3.05, 3.63) is 29.8 Å². The summed E-state index contributed by atoms with van der Waals surface area (Å²) in [4.78, 5) is 1.40. The molecule has 0 aliphatic heterocycles. The van der Waals surface area contributed by atoms with Crippen molar-refractivity contribution < 1.29 is 0 Å². The minimum absolute atomic E-state index is 0.825. The lowest BCUT2D eigenvalue weighted by Crippen LogP contribution is -2.13. The molecule has 1 rings (SSSR count). The third kappa shape index (κ3) is 6.46. The second-order valence-electron chi connectivity index (χ2n) is 5.03. The van der Waals surface area contributed by atoms with Crippen LogP contribution >= 0.6 is 11.8 Å². The molecule has 1 nitrogen and oxygen atoms in total. The van der Waals surface area contributed by atoms with Gasteiger partial charge >= 0.3 is 0 Å². The minimum atomic E-state index is 0.825. The molecule has 1 aromatic carbocycles. The van der Waals surface area contributed by atoms with E-state index in [-0.39, 0.29) is 0 Å². The zero-order chi connectivity index (χ0) is 13.2. The van der Waals surface area contributed by atoms with Gasteiger partial charge in [-0.05, 0) is 36.6 Å². The van der Waals surface area contributed by atoms with E-state index in [1.54, 1.807) is 0 Å². The summed E-state index contributed by atoms with van der Waals surface area (Å²) in [5.74, 6) is 2.06. The van der Waals surface area contributed by atoms with Gasteiger partial charge in [-0.25, -0.2) is 0 Å². The molecular weight excluding hydrogens is 238 g/mol. The number of benzene rings is 1. The zero-order valence-electron chi connectivity index (χ0n) is 12.0. The molecule has 0 aliphatic carbocycles. The Morgan fingerprint density at radius 2 is 1.83 bits per heavy atom. The fourth-order valence-electron chi connectivity index (χ4n) is 1.93. The highest BCUT2D eigenvalue weighted by atomic mass is 32.2. The van der Waals surface area contributed by atoms with Gasteiger partial charge in [-0.15, -0.1) is 11.8 Å². The Labute approximate surface area is 117 Å². The van der Waals surface area contributed by atoms with Crippen molar-refractivity contribution in [1.82, 2.24) is 5.32 Å². The van der Waals surface area contributed by atoms with Gasteiger partial charge in [0.2, 0.25) is 0 Å². The minimum Gasteiger partial charge on any atom is -0.313 e. The van der Waals surface area contributed by atoms with E-state index >= 15 is 0 Å². The molecule has 1 unspecified atom stereocenters. The Balaban J connectivity index is 2.31. The van der Waals surface area contributed by atoms with E-state index < -0.39 is 0 Å². The van der Waals surface area contributed by atoms with E-state index in [9.17, 15) is 0 Å².